The Morgan fingerprint density at radius 1 is 1.26 bits per heavy atom. The molecule has 0 spiro atoms. The van der Waals surface area contributed by atoms with Crippen molar-refractivity contribution in [3.63, 3.8) is 0 Å². The van der Waals surface area contributed by atoms with Gasteiger partial charge in [0.15, 0.2) is 0 Å². The average molecular weight is 273 g/mol. The molecule has 0 aromatic rings. The fourth-order valence-corrected chi connectivity index (χ4v) is 1.32. The van der Waals surface area contributed by atoms with Crippen molar-refractivity contribution in [1.82, 2.24) is 15.5 Å². The Kier molecular flexibility index (Phi) is 7.55. The van der Waals surface area contributed by atoms with Gasteiger partial charge in [0.05, 0.1) is 6.54 Å². The van der Waals surface area contributed by atoms with Crippen LogP contribution in [0.2, 0.25) is 0 Å². The molecule has 0 radical (unpaired) electrons. The topological polar surface area (TPSA) is 98.7 Å². The zero-order chi connectivity index (χ0) is 15.0. The maximum Gasteiger partial charge on any atom is 0.326 e. The van der Waals surface area contributed by atoms with E-state index in [1.54, 1.807) is 7.05 Å². The van der Waals surface area contributed by atoms with Gasteiger partial charge in [-0.3, -0.25) is 4.79 Å². The average Bonchev–Trinajstić information content (AvgIpc) is 2.34. The van der Waals surface area contributed by atoms with Crippen molar-refractivity contribution in [2.75, 3.05) is 13.6 Å². The van der Waals surface area contributed by atoms with Crippen LogP contribution in [-0.4, -0.2) is 53.6 Å². The normalized spacial score (nSPS) is 11.8. The van der Waals surface area contributed by atoms with Crippen molar-refractivity contribution in [3.8, 4) is 0 Å². The second-order valence-corrected chi connectivity index (χ2v) is 4.60. The lowest BCUT2D eigenvalue weighted by Gasteiger charge is -2.22. The van der Waals surface area contributed by atoms with Crippen LogP contribution < -0.4 is 10.6 Å². The summed E-state index contributed by atoms with van der Waals surface area (Å²) in [5.74, 6) is -1.31. The Bertz CT molecular complexity index is 331. The lowest BCUT2D eigenvalue weighted by atomic mass is 10.2. The van der Waals surface area contributed by atoms with Gasteiger partial charge in [0.25, 0.3) is 0 Å². The van der Waals surface area contributed by atoms with Crippen LogP contribution in [-0.2, 0) is 9.59 Å². The third kappa shape index (κ3) is 6.64. The number of nitrogens with zero attached hydrogens (tertiary/aromatic N) is 1. The lowest BCUT2D eigenvalue weighted by molar-refractivity contribution is -0.139. The predicted molar refractivity (Wildman–Crippen MR) is 70.8 cm³/mol. The van der Waals surface area contributed by atoms with Gasteiger partial charge in [-0.2, -0.15) is 0 Å². The van der Waals surface area contributed by atoms with Crippen LogP contribution in [0, 0.1) is 0 Å². The van der Waals surface area contributed by atoms with Gasteiger partial charge < -0.3 is 20.6 Å². The molecule has 0 aliphatic heterocycles. The maximum absolute atomic E-state index is 11.6. The zero-order valence-electron chi connectivity index (χ0n) is 11.9. The van der Waals surface area contributed by atoms with Crippen LogP contribution in [0.4, 0.5) is 4.79 Å². The molecular formula is C12H23N3O4. The fourth-order valence-electron chi connectivity index (χ4n) is 1.32. The number of carbonyl (C=O) groups is 3. The predicted octanol–water partition coefficient (Wildman–Crippen LogP) is 0.406. The largest absolute Gasteiger partial charge is 0.480 e. The van der Waals surface area contributed by atoms with Crippen molar-refractivity contribution >= 4 is 17.9 Å². The molecule has 0 aliphatic carbocycles. The molecule has 110 valence electrons. The standard InChI is InChI=1S/C12H23N3O4/c1-5-6-9(11(17)18)14-12(19)13-7-10(16)15(4)8(2)3/h8-9H,5-7H2,1-4H3,(H,17,18)(H2,13,14,19). The summed E-state index contributed by atoms with van der Waals surface area (Å²) in [7, 11) is 1.64. The highest BCUT2D eigenvalue weighted by molar-refractivity contribution is 5.86. The van der Waals surface area contributed by atoms with Crippen LogP contribution in [0.3, 0.4) is 0 Å². The number of carboxylic acids is 1. The molecule has 0 heterocycles. The van der Waals surface area contributed by atoms with Crippen LogP contribution in [0.25, 0.3) is 0 Å². The Labute approximate surface area is 113 Å². The van der Waals surface area contributed by atoms with Crippen molar-refractivity contribution in [2.45, 2.75) is 45.7 Å². The molecule has 0 bridgehead atoms. The summed E-state index contributed by atoms with van der Waals surface area (Å²) in [6.07, 6.45) is 0.995. The first-order chi connectivity index (χ1) is 8.79. The SMILES string of the molecule is CCCC(NC(=O)NCC(=O)N(C)C(C)C)C(=O)O. The smallest absolute Gasteiger partial charge is 0.326 e. The summed E-state index contributed by atoms with van der Waals surface area (Å²) in [6.45, 7) is 5.40. The first-order valence-corrected chi connectivity index (χ1v) is 6.32. The molecule has 0 rings (SSSR count). The van der Waals surface area contributed by atoms with E-state index < -0.39 is 18.0 Å². The molecule has 3 amide bonds. The van der Waals surface area contributed by atoms with Gasteiger partial charge in [0, 0.05) is 13.1 Å². The minimum absolute atomic E-state index is 0.0456. The van der Waals surface area contributed by atoms with E-state index in [0.717, 1.165) is 0 Å². The van der Waals surface area contributed by atoms with Crippen LogP contribution >= 0.6 is 0 Å². The van der Waals surface area contributed by atoms with Crippen LogP contribution in [0.15, 0.2) is 0 Å². The number of carboxylic acid groups (broad SMARTS) is 1. The number of hydrogen-bond donors (Lipinski definition) is 3. The van der Waals surface area contributed by atoms with Gasteiger partial charge in [0.2, 0.25) is 5.91 Å². The van der Waals surface area contributed by atoms with Crippen LogP contribution in [0.5, 0.6) is 0 Å². The molecule has 0 aliphatic rings. The quantitative estimate of drug-likeness (QED) is 0.625. The summed E-state index contributed by atoms with van der Waals surface area (Å²) in [4.78, 5) is 35.4. The summed E-state index contributed by atoms with van der Waals surface area (Å²) in [6, 6.07) is -1.53. The van der Waals surface area contributed by atoms with Gasteiger partial charge in [-0.1, -0.05) is 13.3 Å². The van der Waals surface area contributed by atoms with E-state index in [2.05, 4.69) is 10.6 Å². The summed E-state index contributed by atoms with van der Waals surface area (Å²) < 4.78 is 0. The van der Waals surface area contributed by atoms with Gasteiger partial charge in [-0.05, 0) is 20.3 Å². The molecule has 1 unspecified atom stereocenters. The van der Waals surface area contributed by atoms with Gasteiger partial charge in [0.1, 0.15) is 6.04 Å². The minimum atomic E-state index is -1.08. The van der Waals surface area contributed by atoms with Gasteiger partial charge in [-0.25, -0.2) is 9.59 Å². The molecule has 1 atom stereocenters. The monoisotopic (exact) mass is 273 g/mol. The fraction of sp³-hybridized carbons (Fsp3) is 0.750. The minimum Gasteiger partial charge on any atom is -0.480 e. The zero-order valence-corrected chi connectivity index (χ0v) is 11.9. The number of aliphatic carboxylic acids is 1. The molecule has 3 N–H and O–H groups in total. The number of amides is 3. The van der Waals surface area contributed by atoms with E-state index in [1.807, 2.05) is 20.8 Å². The molecular weight excluding hydrogens is 250 g/mol. The van der Waals surface area contributed by atoms with E-state index in [-0.39, 0.29) is 18.5 Å². The van der Waals surface area contributed by atoms with E-state index in [0.29, 0.717) is 12.8 Å². The second-order valence-electron chi connectivity index (χ2n) is 4.60. The lowest BCUT2D eigenvalue weighted by Crippen LogP contribution is -2.49. The van der Waals surface area contributed by atoms with Crippen molar-refractivity contribution in [2.24, 2.45) is 0 Å². The first-order valence-electron chi connectivity index (χ1n) is 6.32. The van der Waals surface area contributed by atoms with Crippen molar-refractivity contribution < 1.29 is 19.5 Å². The Balaban J connectivity index is 4.17. The molecule has 7 heteroatoms. The molecule has 19 heavy (non-hydrogen) atoms. The third-order valence-electron chi connectivity index (χ3n) is 2.75. The molecule has 0 aromatic heterocycles. The van der Waals surface area contributed by atoms with Crippen LogP contribution in [0.1, 0.15) is 33.6 Å². The number of carbonyl (C=O) groups excluding carboxylic acids is 2. The number of rotatable bonds is 7. The third-order valence-corrected chi connectivity index (χ3v) is 2.75. The highest BCUT2D eigenvalue weighted by atomic mass is 16.4. The first kappa shape index (κ1) is 17.2. The summed E-state index contributed by atoms with van der Waals surface area (Å²) in [5, 5.41) is 13.6. The van der Waals surface area contributed by atoms with E-state index in [1.165, 1.54) is 4.90 Å². The molecule has 7 nitrogen and oxygen atoms in total. The number of nitrogens with one attached hydrogen (secondary N) is 2. The molecule has 0 saturated carbocycles. The molecule has 0 saturated heterocycles. The molecule has 0 aromatic carbocycles. The van der Waals surface area contributed by atoms with E-state index in [4.69, 9.17) is 5.11 Å². The highest BCUT2D eigenvalue weighted by Gasteiger charge is 2.19. The highest BCUT2D eigenvalue weighted by Crippen LogP contribution is 1.97. The number of likely N-dealkylation sites (N-methyl/N-ethyl adjacent to an activating group) is 1. The Morgan fingerprint density at radius 2 is 1.84 bits per heavy atom. The van der Waals surface area contributed by atoms with E-state index in [9.17, 15) is 14.4 Å². The number of urea groups is 1. The Hall–Kier alpha value is -1.79. The summed E-state index contributed by atoms with van der Waals surface area (Å²) in [5.41, 5.74) is 0. The van der Waals surface area contributed by atoms with E-state index >= 15 is 0 Å². The summed E-state index contributed by atoms with van der Waals surface area (Å²) >= 11 is 0. The maximum atomic E-state index is 11.6. The van der Waals surface area contributed by atoms with Gasteiger partial charge >= 0.3 is 12.0 Å². The number of hydrogen-bond acceptors (Lipinski definition) is 3. The van der Waals surface area contributed by atoms with Crippen molar-refractivity contribution in [1.29, 1.82) is 0 Å². The van der Waals surface area contributed by atoms with Crippen molar-refractivity contribution in [3.05, 3.63) is 0 Å². The Morgan fingerprint density at radius 3 is 2.26 bits per heavy atom. The molecule has 0 fully saturated rings. The second kappa shape index (κ2) is 8.34. The van der Waals surface area contributed by atoms with Gasteiger partial charge in [-0.15, -0.1) is 0 Å².